The summed E-state index contributed by atoms with van der Waals surface area (Å²) in [4.78, 5) is 22.9. The highest BCUT2D eigenvalue weighted by molar-refractivity contribution is 9.10. The third-order valence-electron chi connectivity index (χ3n) is 3.60. The minimum Gasteiger partial charge on any atom is -0.481 e. The Labute approximate surface area is 124 Å². The van der Waals surface area contributed by atoms with E-state index in [9.17, 15) is 14.0 Å². The number of nitrogens with one attached hydrogen (secondary N) is 1. The average Bonchev–Trinajstić information content (AvgIpc) is 2.39. The first-order chi connectivity index (χ1) is 9.49. The molecule has 2 N–H and O–H groups in total. The molecular formula is C14H15BrFNO3. The van der Waals surface area contributed by atoms with Crippen LogP contribution in [0.2, 0.25) is 0 Å². The first-order valence-corrected chi connectivity index (χ1v) is 7.26. The van der Waals surface area contributed by atoms with Crippen LogP contribution in [0, 0.1) is 11.7 Å². The minimum atomic E-state index is -0.786. The van der Waals surface area contributed by atoms with Crippen molar-refractivity contribution in [2.75, 3.05) is 0 Å². The Morgan fingerprint density at radius 3 is 2.45 bits per heavy atom. The van der Waals surface area contributed by atoms with Crippen LogP contribution in [0.4, 0.5) is 4.39 Å². The molecule has 6 heteroatoms. The molecule has 0 heterocycles. The van der Waals surface area contributed by atoms with Gasteiger partial charge in [-0.2, -0.15) is 0 Å². The minimum absolute atomic E-state index is 0.00661. The number of benzene rings is 1. The van der Waals surface area contributed by atoms with E-state index in [4.69, 9.17) is 5.11 Å². The number of carbonyl (C=O) groups is 2. The monoisotopic (exact) mass is 343 g/mol. The van der Waals surface area contributed by atoms with Crippen LogP contribution >= 0.6 is 15.9 Å². The Kier molecular flexibility index (Phi) is 4.75. The van der Waals surface area contributed by atoms with Crippen molar-refractivity contribution in [2.45, 2.75) is 31.7 Å². The summed E-state index contributed by atoms with van der Waals surface area (Å²) in [5.41, 5.74) is -0.00661. The van der Waals surface area contributed by atoms with Gasteiger partial charge in [0, 0.05) is 10.5 Å². The molecule has 1 aromatic rings. The molecule has 1 aromatic carbocycles. The highest BCUT2D eigenvalue weighted by Crippen LogP contribution is 2.25. The Hall–Kier alpha value is -1.43. The molecule has 0 aromatic heterocycles. The van der Waals surface area contributed by atoms with Crippen LogP contribution in [-0.2, 0) is 4.79 Å². The lowest BCUT2D eigenvalue weighted by Gasteiger charge is -2.27. The molecule has 108 valence electrons. The molecule has 2 rings (SSSR count). The topological polar surface area (TPSA) is 66.4 Å². The molecule has 1 saturated carbocycles. The largest absolute Gasteiger partial charge is 0.481 e. The van der Waals surface area contributed by atoms with Gasteiger partial charge in [0.05, 0.1) is 11.5 Å². The van der Waals surface area contributed by atoms with E-state index in [-0.39, 0.29) is 17.5 Å². The maximum absolute atomic E-state index is 13.7. The molecule has 0 bridgehead atoms. The van der Waals surface area contributed by atoms with Gasteiger partial charge in [0.2, 0.25) is 0 Å². The van der Waals surface area contributed by atoms with Gasteiger partial charge in [-0.3, -0.25) is 9.59 Å². The van der Waals surface area contributed by atoms with E-state index in [1.807, 2.05) is 0 Å². The van der Waals surface area contributed by atoms with Gasteiger partial charge in [-0.15, -0.1) is 0 Å². The number of carboxylic acid groups (broad SMARTS) is 1. The highest BCUT2D eigenvalue weighted by atomic mass is 79.9. The Bertz CT molecular complexity index is 507. The van der Waals surface area contributed by atoms with Crippen molar-refractivity contribution >= 4 is 27.8 Å². The van der Waals surface area contributed by atoms with Crippen LogP contribution in [0.3, 0.4) is 0 Å². The second-order valence-corrected chi connectivity index (χ2v) is 5.81. The number of aliphatic carboxylic acids is 1. The molecule has 4 nitrogen and oxygen atoms in total. The smallest absolute Gasteiger partial charge is 0.306 e. The summed E-state index contributed by atoms with van der Waals surface area (Å²) in [5, 5.41) is 11.7. The predicted molar refractivity (Wildman–Crippen MR) is 74.9 cm³/mol. The number of carboxylic acids is 1. The van der Waals surface area contributed by atoms with Gasteiger partial charge in [-0.05, 0) is 53.7 Å². The van der Waals surface area contributed by atoms with Gasteiger partial charge in [-0.25, -0.2) is 4.39 Å². The summed E-state index contributed by atoms with van der Waals surface area (Å²) in [7, 11) is 0. The molecule has 0 atom stereocenters. The normalized spacial score (nSPS) is 22.3. The molecule has 0 radical (unpaired) electrons. The van der Waals surface area contributed by atoms with Crippen LogP contribution < -0.4 is 5.32 Å². The molecule has 1 aliphatic rings. The zero-order chi connectivity index (χ0) is 14.7. The molecule has 0 saturated heterocycles. The van der Waals surface area contributed by atoms with E-state index in [0.717, 1.165) is 0 Å². The lowest BCUT2D eigenvalue weighted by molar-refractivity contribution is -0.142. The molecular weight excluding hydrogens is 329 g/mol. The Morgan fingerprint density at radius 2 is 1.90 bits per heavy atom. The van der Waals surface area contributed by atoms with E-state index in [0.29, 0.717) is 30.2 Å². The van der Waals surface area contributed by atoms with E-state index in [1.165, 1.54) is 12.1 Å². The zero-order valence-electron chi connectivity index (χ0n) is 10.7. The summed E-state index contributed by atoms with van der Waals surface area (Å²) in [5.74, 6) is -2.15. The van der Waals surface area contributed by atoms with E-state index < -0.39 is 17.7 Å². The summed E-state index contributed by atoms with van der Waals surface area (Å²) in [6.45, 7) is 0. The van der Waals surface area contributed by atoms with Crippen molar-refractivity contribution in [3.05, 3.63) is 34.1 Å². The zero-order valence-corrected chi connectivity index (χ0v) is 12.3. The fourth-order valence-corrected chi connectivity index (χ4v) is 2.98. The first kappa shape index (κ1) is 15.0. The number of hydrogen-bond donors (Lipinski definition) is 2. The fourth-order valence-electron chi connectivity index (χ4n) is 2.46. The standard InChI is InChI=1S/C14H15BrFNO3/c15-10-2-1-3-11(16)12(10)13(18)17-9-6-4-8(5-7-9)14(19)20/h1-3,8-9H,4-7H2,(H,17,18)(H,19,20). The van der Waals surface area contributed by atoms with Crippen molar-refractivity contribution in [1.82, 2.24) is 5.32 Å². The van der Waals surface area contributed by atoms with Gasteiger partial charge in [0.1, 0.15) is 5.82 Å². The van der Waals surface area contributed by atoms with Gasteiger partial charge in [0.25, 0.3) is 5.91 Å². The molecule has 1 aliphatic carbocycles. The van der Waals surface area contributed by atoms with Crippen molar-refractivity contribution in [3.8, 4) is 0 Å². The quantitative estimate of drug-likeness (QED) is 0.886. The van der Waals surface area contributed by atoms with E-state index in [1.54, 1.807) is 6.07 Å². The summed E-state index contributed by atoms with van der Waals surface area (Å²) >= 11 is 3.16. The molecule has 1 fully saturated rings. The molecule has 0 spiro atoms. The Morgan fingerprint density at radius 1 is 1.25 bits per heavy atom. The maximum Gasteiger partial charge on any atom is 0.306 e. The second-order valence-electron chi connectivity index (χ2n) is 4.96. The van der Waals surface area contributed by atoms with Crippen molar-refractivity contribution in [3.63, 3.8) is 0 Å². The lowest BCUT2D eigenvalue weighted by atomic mass is 9.86. The number of carbonyl (C=O) groups excluding carboxylic acids is 1. The number of amides is 1. The second kappa shape index (κ2) is 6.35. The SMILES string of the molecule is O=C(NC1CCC(C(=O)O)CC1)c1c(F)cccc1Br. The van der Waals surface area contributed by atoms with Gasteiger partial charge < -0.3 is 10.4 Å². The highest BCUT2D eigenvalue weighted by Gasteiger charge is 2.27. The third kappa shape index (κ3) is 3.36. The van der Waals surface area contributed by atoms with Crippen LogP contribution in [0.25, 0.3) is 0 Å². The van der Waals surface area contributed by atoms with Crippen LogP contribution in [-0.4, -0.2) is 23.0 Å². The van der Waals surface area contributed by atoms with Crippen LogP contribution in [0.5, 0.6) is 0 Å². The molecule has 1 amide bonds. The van der Waals surface area contributed by atoms with Crippen LogP contribution in [0.1, 0.15) is 36.0 Å². The Balaban J connectivity index is 1.98. The molecule has 0 unspecified atom stereocenters. The summed E-state index contributed by atoms with van der Waals surface area (Å²) < 4.78 is 14.1. The number of halogens is 2. The van der Waals surface area contributed by atoms with Gasteiger partial charge >= 0.3 is 5.97 Å². The average molecular weight is 344 g/mol. The predicted octanol–water partition coefficient (Wildman–Crippen LogP) is 2.96. The fraction of sp³-hybridized carbons (Fsp3) is 0.429. The van der Waals surface area contributed by atoms with Crippen molar-refractivity contribution in [2.24, 2.45) is 5.92 Å². The van der Waals surface area contributed by atoms with E-state index >= 15 is 0 Å². The van der Waals surface area contributed by atoms with Crippen molar-refractivity contribution < 1.29 is 19.1 Å². The third-order valence-corrected chi connectivity index (χ3v) is 4.26. The van der Waals surface area contributed by atoms with Crippen molar-refractivity contribution in [1.29, 1.82) is 0 Å². The maximum atomic E-state index is 13.7. The van der Waals surface area contributed by atoms with Gasteiger partial charge in [0.15, 0.2) is 0 Å². The van der Waals surface area contributed by atoms with Crippen LogP contribution in [0.15, 0.2) is 22.7 Å². The number of hydrogen-bond acceptors (Lipinski definition) is 2. The van der Waals surface area contributed by atoms with Gasteiger partial charge in [-0.1, -0.05) is 6.07 Å². The number of rotatable bonds is 3. The summed E-state index contributed by atoms with van der Waals surface area (Å²) in [6, 6.07) is 4.28. The first-order valence-electron chi connectivity index (χ1n) is 6.46. The summed E-state index contributed by atoms with van der Waals surface area (Å²) in [6.07, 6.45) is 2.29. The molecule has 20 heavy (non-hydrogen) atoms. The molecule has 0 aliphatic heterocycles. The van der Waals surface area contributed by atoms with E-state index in [2.05, 4.69) is 21.2 Å². The lowest BCUT2D eigenvalue weighted by Crippen LogP contribution is -2.39.